The second kappa shape index (κ2) is 31.6. The summed E-state index contributed by atoms with van der Waals surface area (Å²) in [6.07, 6.45) is 20.3. The van der Waals surface area contributed by atoms with E-state index in [0.717, 1.165) is 49.2 Å². The molecule has 2 unspecified atom stereocenters. The Bertz CT molecular complexity index is 1010. The van der Waals surface area contributed by atoms with E-state index >= 15 is 0 Å². The van der Waals surface area contributed by atoms with Gasteiger partial charge in [-0.15, -0.1) is 12.3 Å². The Balaban J connectivity index is 0. The van der Waals surface area contributed by atoms with Crippen molar-refractivity contribution in [2.75, 3.05) is 38.8 Å². The van der Waals surface area contributed by atoms with E-state index in [-0.39, 0.29) is 5.82 Å². The van der Waals surface area contributed by atoms with Crippen LogP contribution in [-0.4, -0.2) is 43.7 Å². The number of ether oxygens (including phenoxy) is 1. The number of rotatable bonds is 16. The molecule has 1 aliphatic heterocycles. The molecule has 0 saturated heterocycles. The van der Waals surface area contributed by atoms with Crippen molar-refractivity contribution in [2.45, 2.75) is 145 Å². The summed E-state index contributed by atoms with van der Waals surface area (Å²) >= 11 is 1.96. The number of halogens is 1. The number of hydrogen-bond donors (Lipinski definition) is 0. The van der Waals surface area contributed by atoms with Crippen molar-refractivity contribution in [3.63, 3.8) is 0 Å². The molecular formula is C42H72FNOS. The number of thioether (sulfide) groups is 1. The molecule has 0 N–H and O–H groups in total. The van der Waals surface area contributed by atoms with Crippen LogP contribution in [0.15, 0.2) is 36.4 Å². The van der Waals surface area contributed by atoms with Crippen molar-refractivity contribution in [2.24, 2.45) is 0 Å². The van der Waals surface area contributed by atoms with Crippen molar-refractivity contribution in [1.82, 2.24) is 4.90 Å². The van der Waals surface area contributed by atoms with E-state index in [1.54, 1.807) is 13.0 Å². The highest BCUT2D eigenvalue weighted by Gasteiger charge is 2.19. The van der Waals surface area contributed by atoms with Crippen molar-refractivity contribution in [1.29, 1.82) is 0 Å². The van der Waals surface area contributed by atoms with Gasteiger partial charge in [-0.25, -0.2) is 4.39 Å². The number of unbranched alkanes of at least 4 members (excludes halogenated alkanes) is 4. The fourth-order valence-corrected chi connectivity index (χ4v) is 5.94. The fourth-order valence-electron chi connectivity index (χ4n) is 5.44. The first kappa shape index (κ1) is 46.2. The first-order chi connectivity index (χ1) is 22.3. The van der Waals surface area contributed by atoms with Gasteiger partial charge in [0.2, 0.25) is 0 Å². The third kappa shape index (κ3) is 21.0. The van der Waals surface area contributed by atoms with Crippen LogP contribution >= 0.6 is 11.8 Å². The maximum Gasteiger partial charge on any atom is 0.126 e. The average Bonchev–Trinajstić information content (AvgIpc) is 3.54. The van der Waals surface area contributed by atoms with E-state index < -0.39 is 0 Å². The second-order valence-electron chi connectivity index (χ2n) is 11.9. The van der Waals surface area contributed by atoms with E-state index in [9.17, 15) is 4.39 Å². The van der Waals surface area contributed by atoms with Gasteiger partial charge in [0.15, 0.2) is 0 Å². The largest absolute Gasteiger partial charge is 0.493 e. The number of hydrogen-bond acceptors (Lipinski definition) is 3. The van der Waals surface area contributed by atoms with Crippen LogP contribution in [0.5, 0.6) is 5.75 Å². The van der Waals surface area contributed by atoms with E-state index in [2.05, 4.69) is 89.4 Å². The molecule has 3 rings (SSSR count). The molecule has 0 saturated carbocycles. The minimum atomic E-state index is -0.0652. The van der Waals surface area contributed by atoms with Crippen molar-refractivity contribution in [3.8, 4) is 18.1 Å². The van der Waals surface area contributed by atoms with Gasteiger partial charge in [0.25, 0.3) is 0 Å². The van der Waals surface area contributed by atoms with Crippen LogP contribution in [0.4, 0.5) is 4.39 Å². The lowest BCUT2D eigenvalue weighted by atomic mass is 9.84. The number of aryl methyl sites for hydroxylation is 1. The van der Waals surface area contributed by atoms with Gasteiger partial charge in [0.1, 0.15) is 11.6 Å². The van der Waals surface area contributed by atoms with Crippen LogP contribution in [0.2, 0.25) is 0 Å². The number of fused-ring (bicyclic) bond motifs is 1. The third-order valence-electron chi connectivity index (χ3n) is 8.01. The molecule has 1 aliphatic rings. The highest BCUT2D eigenvalue weighted by molar-refractivity contribution is 7.98. The lowest BCUT2D eigenvalue weighted by Crippen LogP contribution is -2.19. The summed E-state index contributed by atoms with van der Waals surface area (Å²) in [7, 11) is 2.17. The number of benzene rings is 2. The molecular weight excluding hydrogens is 586 g/mol. The van der Waals surface area contributed by atoms with Gasteiger partial charge < -0.3 is 9.64 Å². The molecule has 46 heavy (non-hydrogen) atoms. The molecule has 1 heterocycles. The summed E-state index contributed by atoms with van der Waals surface area (Å²) in [6.45, 7) is 22.1. The molecule has 0 radical (unpaired) electrons. The Morgan fingerprint density at radius 2 is 1.52 bits per heavy atom. The molecule has 2 aromatic rings. The molecule has 264 valence electrons. The summed E-state index contributed by atoms with van der Waals surface area (Å²) in [5.41, 5.74) is 4.63. The number of terminal acetylenes is 1. The van der Waals surface area contributed by atoms with Gasteiger partial charge in [-0.2, -0.15) is 11.8 Å². The van der Waals surface area contributed by atoms with Crippen LogP contribution in [0.25, 0.3) is 0 Å². The summed E-state index contributed by atoms with van der Waals surface area (Å²) < 4.78 is 19.7. The lowest BCUT2D eigenvalue weighted by Gasteiger charge is -2.21. The topological polar surface area (TPSA) is 12.5 Å². The highest BCUT2D eigenvalue weighted by atomic mass is 32.2. The molecule has 0 aromatic heterocycles. The quantitative estimate of drug-likeness (QED) is 0.132. The van der Waals surface area contributed by atoms with Crippen molar-refractivity contribution >= 4 is 11.8 Å². The Morgan fingerprint density at radius 1 is 0.913 bits per heavy atom. The van der Waals surface area contributed by atoms with Crippen LogP contribution < -0.4 is 4.74 Å². The van der Waals surface area contributed by atoms with Crippen molar-refractivity contribution in [3.05, 3.63) is 64.5 Å². The molecule has 0 amide bonds. The summed E-state index contributed by atoms with van der Waals surface area (Å²) in [5, 5.41) is 0. The van der Waals surface area contributed by atoms with Gasteiger partial charge in [0, 0.05) is 6.42 Å². The Hall–Kier alpha value is -1.96. The van der Waals surface area contributed by atoms with Gasteiger partial charge >= 0.3 is 0 Å². The number of nitrogens with zero attached hydrogens (tertiary/aromatic N) is 1. The first-order valence-corrected chi connectivity index (χ1v) is 19.7. The summed E-state index contributed by atoms with van der Waals surface area (Å²) in [5.74, 6) is 5.42. The predicted octanol–water partition coefficient (Wildman–Crippen LogP) is 12.7. The summed E-state index contributed by atoms with van der Waals surface area (Å²) in [6, 6.07) is 12.4. The minimum absolute atomic E-state index is 0.0652. The molecule has 0 aliphatic carbocycles. The van der Waals surface area contributed by atoms with Crippen LogP contribution in [0.1, 0.15) is 154 Å². The molecule has 0 spiro atoms. The Morgan fingerprint density at radius 3 is 2.04 bits per heavy atom. The molecule has 4 heteroatoms. The predicted molar refractivity (Wildman–Crippen MR) is 209 cm³/mol. The smallest absolute Gasteiger partial charge is 0.126 e. The highest BCUT2D eigenvalue weighted by Crippen LogP contribution is 2.35. The van der Waals surface area contributed by atoms with E-state index in [1.165, 1.54) is 74.9 Å². The fraction of sp³-hybridized carbons (Fsp3) is 0.667. The lowest BCUT2D eigenvalue weighted by molar-refractivity contribution is 0.335. The van der Waals surface area contributed by atoms with E-state index in [1.807, 2.05) is 38.6 Å². The second-order valence-corrected chi connectivity index (χ2v) is 12.9. The van der Waals surface area contributed by atoms with E-state index in [4.69, 9.17) is 4.74 Å². The standard InChI is InChI=1S/C22H27FO.C8H18S.C7H17N.C3H4.C2H6/c1-4-16-6-7-18(14-21(16)23)15(3)12-17(5-2)19-8-9-22-20(13-19)10-11-24-22;1-3-4-5-6-7-8-9-2;1-4-6-8(3)7-5-2;1-3-2;1-2/h6-9,13-15,17H,4-5,10-12H2,1-3H3;3-8H2,1-2H3;4-7H2,1-3H3;1H,2H3;1-2H3. The molecule has 0 bridgehead atoms. The molecule has 2 aromatic carbocycles. The minimum Gasteiger partial charge on any atom is -0.493 e. The maximum absolute atomic E-state index is 14.1. The average molecular weight is 658 g/mol. The maximum atomic E-state index is 14.1. The summed E-state index contributed by atoms with van der Waals surface area (Å²) in [4.78, 5) is 2.36. The van der Waals surface area contributed by atoms with Gasteiger partial charge in [-0.1, -0.05) is 105 Å². The monoisotopic (exact) mass is 658 g/mol. The van der Waals surface area contributed by atoms with Gasteiger partial charge in [-0.05, 0) is 124 Å². The van der Waals surface area contributed by atoms with E-state index in [0.29, 0.717) is 11.8 Å². The SMILES string of the molecule is C#CC.CC.CCCCCCCSC.CCCN(C)CCC.CCc1ccc(C(C)CC(CC)c2ccc3c(c2)CCO3)cc1F. The normalized spacial score (nSPS) is 12.3. The first-order valence-electron chi connectivity index (χ1n) is 18.3. The molecule has 2 atom stereocenters. The Kier molecular flexibility index (Phi) is 31.7. The molecule has 0 fully saturated rings. The molecule has 2 nitrogen and oxygen atoms in total. The zero-order valence-corrected chi connectivity index (χ0v) is 32.8. The van der Waals surface area contributed by atoms with Crippen molar-refractivity contribution < 1.29 is 9.13 Å². The van der Waals surface area contributed by atoms with Gasteiger partial charge in [-0.3, -0.25) is 0 Å². The van der Waals surface area contributed by atoms with Crippen LogP contribution in [0, 0.1) is 18.2 Å². The van der Waals surface area contributed by atoms with Gasteiger partial charge in [0.05, 0.1) is 6.61 Å². The third-order valence-corrected chi connectivity index (χ3v) is 8.70. The Labute approximate surface area is 291 Å². The van der Waals surface area contributed by atoms with Crippen LogP contribution in [0.3, 0.4) is 0 Å². The zero-order valence-electron chi connectivity index (χ0n) is 31.9. The van der Waals surface area contributed by atoms with Crippen LogP contribution in [-0.2, 0) is 12.8 Å². The zero-order chi connectivity index (χ0) is 35.2.